The Balaban J connectivity index is 1.92. The standard InChI is InChI=1S/C21H20O11/c1-6-14(25)17(28)19(30)21(31-6)12-10(24)5-11-13(15(12)26)16(27)18(29)20(32-11)7-2-3-8(22)9(23)4-7/h2-6,14,17,19,21-26,28-30H,1H3/t6-,14-,17+,19+,21?/m0/s1. The number of phenolic OH excluding ortho intramolecular Hbond substituents is 4. The van der Waals surface area contributed by atoms with Crippen LogP contribution in [0.3, 0.4) is 0 Å². The molecule has 11 heteroatoms. The highest BCUT2D eigenvalue weighted by Gasteiger charge is 2.44. The van der Waals surface area contributed by atoms with Gasteiger partial charge in [0.1, 0.15) is 46.9 Å². The van der Waals surface area contributed by atoms with Gasteiger partial charge in [-0.25, -0.2) is 0 Å². The van der Waals surface area contributed by atoms with Gasteiger partial charge in [-0.1, -0.05) is 0 Å². The van der Waals surface area contributed by atoms with Gasteiger partial charge in [-0.15, -0.1) is 0 Å². The molecule has 1 unspecified atom stereocenters. The molecule has 11 nitrogen and oxygen atoms in total. The Hall–Kier alpha value is -3.51. The van der Waals surface area contributed by atoms with Gasteiger partial charge < -0.3 is 50.0 Å². The van der Waals surface area contributed by atoms with E-state index < -0.39 is 81.4 Å². The number of aliphatic hydroxyl groups excluding tert-OH is 3. The zero-order chi connectivity index (χ0) is 23.5. The van der Waals surface area contributed by atoms with Crippen molar-refractivity contribution in [3.63, 3.8) is 0 Å². The monoisotopic (exact) mass is 448 g/mol. The highest BCUT2D eigenvalue weighted by molar-refractivity contribution is 5.90. The maximum absolute atomic E-state index is 12.8. The molecule has 1 fully saturated rings. The first-order chi connectivity index (χ1) is 15.0. The quantitative estimate of drug-likeness (QED) is 0.254. The molecule has 1 saturated heterocycles. The van der Waals surface area contributed by atoms with E-state index in [2.05, 4.69) is 0 Å². The molecule has 170 valence electrons. The van der Waals surface area contributed by atoms with Gasteiger partial charge in [0.2, 0.25) is 11.2 Å². The molecule has 8 N–H and O–H groups in total. The largest absolute Gasteiger partial charge is 0.507 e. The van der Waals surface area contributed by atoms with E-state index in [0.717, 1.165) is 18.2 Å². The van der Waals surface area contributed by atoms with Gasteiger partial charge in [0.05, 0.1) is 11.7 Å². The summed E-state index contributed by atoms with van der Waals surface area (Å²) in [6.07, 6.45) is -7.34. The van der Waals surface area contributed by atoms with Crippen LogP contribution in [0, 0.1) is 0 Å². The SMILES string of the molecule is C[C@@H]1OC(c2c(O)cc3oc(-c4ccc(O)c(O)c4)c(O)c(=O)c3c2O)[C@H](O)[C@H](O)[C@H]1O. The van der Waals surface area contributed by atoms with Gasteiger partial charge in [-0.2, -0.15) is 0 Å². The lowest BCUT2D eigenvalue weighted by molar-refractivity contribution is -0.220. The van der Waals surface area contributed by atoms with E-state index in [4.69, 9.17) is 9.15 Å². The van der Waals surface area contributed by atoms with E-state index in [1.165, 1.54) is 13.0 Å². The summed E-state index contributed by atoms with van der Waals surface area (Å²) in [5, 5.41) is 80.5. The number of phenols is 4. The third-order valence-corrected chi connectivity index (χ3v) is 5.53. The smallest absolute Gasteiger partial charge is 0.238 e. The zero-order valence-corrected chi connectivity index (χ0v) is 16.5. The van der Waals surface area contributed by atoms with E-state index in [9.17, 15) is 45.6 Å². The molecule has 4 rings (SSSR count). The summed E-state index contributed by atoms with van der Waals surface area (Å²) in [5.41, 5.74) is -1.85. The molecule has 0 amide bonds. The predicted octanol–water partition coefficient (Wildman–Crippen LogP) is 0.530. The number of benzene rings is 2. The van der Waals surface area contributed by atoms with Gasteiger partial charge in [0, 0.05) is 11.6 Å². The summed E-state index contributed by atoms with van der Waals surface area (Å²) in [6, 6.07) is 4.35. The summed E-state index contributed by atoms with van der Waals surface area (Å²) in [6.45, 7) is 1.40. The number of ether oxygens (including phenoxy) is 1. The first-order valence-electron chi connectivity index (χ1n) is 9.49. The molecular weight excluding hydrogens is 428 g/mol. The molecule has 32 heavy (non-hydrogen) atoms. The van der Waals surface area contributed by atoms with Crippen molar-refractivity contribution in [2.24, 2.45) is 0 Å². The lowest BCUT2D eigenvalue weighted by Crippen LogP contribution is -2.53. The van der Waals surface area contributed by atoms with Crippen molar-refractivity contribution in [3.05, 3.63) is 40.1 Å². The topological polar surface area (TPSA) is 201 Å². The second-order valence-electron chi connectivity index (χ2n) is 7.58. The first kappa shape index (κ1) is 21.7. The number of hydrogen-bond donors (Lipinski definition) is 8. The number of aliphatic hydroxyl groups is 3. The third kappa shape index (κ3) is 3.19. The van der Waals surface area contributed by atoms with Crippen molar-refractivity contribution in [2.45, 2.75) is 37.4 Å². The van der Waals surface area contributed by atoms with E-state index in [1.54, 1.807) is 0 Å². The third-order valence-electron chi connectivity index (χ3n) is 5.53. The molecule has 2 aromatic carbocycles. The van der Waals surface area contributed by atoms with E-state index >= 15 is 0 Å². The van der Waals surface area contributed by atoms with Crippen LogP contribution in [0.2, 0.25) is 0 Å². The van der Waals surface area contributed by atoms with Gasteiger partial charge >= 0.3 is 0 Å². The number of hydrogen-bond acceptors (Lipinski definition) is 11. The van der Waals surface area contributed by atoms with Crippen molar-refractivity contribution in [2.75, 3.05) is 0 Å². The maximum Gasteiger partial charge on any atom is 0.238 e. The fourth-order valence-corrected chi connectivity index (χ4v) is 3.76. The molecule has 0 aliphatic carbocycles. The molecule has 0 radical (unpaired) electrons. The molecular formula is C21H20O11. The van der Waals surface area contributed by atoms with Gasteiger partial charge in [-0.3, -0.25) is 4.79 Å². The predicted molar refractivity (Wildman–Crippen MR) is 108 cm³/mol. The minimum atomic E-state index is -1.75. The van der Waals surface area contributed by atoms with Crippen LogP contribution in [0.25, 0.3) is 22.3 Å². The lowest BCUT2D eigenvalue weighted by atomic mass is 9.90. The fourth-order valence-electron chi connectivity index (χ4n) is 3.76. The molecule has 1 aromatic heterocycles. The first-order valence-corrected chi connectivity index (χ1v) is 9.49. The second kappa shape index (κ2) is 7.57. The van der Waals surface area contributed by atoms with Crippen molar-refractivity contribution >= 4 is 11.0 Å². The van der Waals surface area contributed by atoms with Crippen molar-refractivity contribution in [3.8, 4) is 40.1 Å². The second-order valence-corrected chi connectivity index (χ2v) is 7.58. The van der Waals surface area contributed by atoms with Crippen LogP contribution in [-0.2, 0) is 4.74 Å². The van der Waals surface area contributed by atoms with Crippen molar-refractivity contribution in [1.29, 1.82) is 0 Å². The molecule has 0 bridgehead atoms. The molecule has 2 heterocycles. The van der Waals surface area contributed by atoms with Crippen LogP contribution in [-0.4, -0.2) is 65.3 Å². The summed E-state index contributed by atoms with van der Waals surface area (Å²) >= 11 is 0. The van der Waals surface area contributed by atoms with Gasteiger partial charge in [0.25, 0.3) is 0 Å². The van der Waals surface area contributed by atoms with Crippen molar-refractivity contribution in [1.82, 2.24) is 0 Å². The minimum absolute atomic E-state index is 0.0248. The average molecular weight is 448 g/mol. The molecule has 1 aliphatic rings. The molecule has 1 aliphatic heterocycles. The van der Waals surface area contributed by atoms with Crippen LogP contribution in [0.4, 0.5) is 0 Å². The Morgan fingerprint density at radius 3 is 2.16 bits per heavy atom. The highest BCUT2D eigenvalue weighted by Crippen LogP contribution is 2.45. The van der Waals surface area contributed by atoms with Gasteiger partial charge in [-0.05, 0) is 25.1 Å². The number of aromatic hydroxyl groups is 5. The van der Waals surface area contributed by atoms with Crippen molar-refractivity contribution < 1.29 is 50.0 Å². The normalized spacial score (nSPS) is 25.8. The minimum Gasteiger partial charge on any atom is -0.507 e. The van der Waals surface area contributed by atoms with Crippen LogP contribution < -0.4 is 5.43 Å². The Kier molecular flexibility index (Phi) is 5.13. The molecule has 5 atom stereocenters. The van der Waals surface area contributed by atoms with Crippen LogP contribution in [0.15, 0.2) is 33.5 Å². The fraction of sp³-hybridized carbons (Fsp3) is 0.286. The Morgan fingerprint density at radius 2 is 1.50 bits per heavy atom. The lowest BCUT2D eigenvalue weighted by Gasteiger charge is -2.39. The maximum atomic E-state index is 12.8. The zero-order valence-electron chi connectivity index (χ0n) is 16.5. The van der Waals surface area contributed by atoms with E-state index in [1.807, 2.05) is 0 Å². The number of fused-ring (bicyclic) bond motifs is 1. The summed E-state index contributed by atoms with van der Waals surface area (Å²) in [7, 11) is 0. The van der Waals surface area contributed by atoms with E-state index in [-0.39, 0.29) is 11.1 Å². The molecule has 0 spiro atoms. The highest BCUT2D eigenvalue weighted by atomic mass is 16.5. The molecule has 3 aromatic rings. The van der Waals surface area contributed by atoms with Gasteiger partial charge in [0.15, 0.2) is 17.3 Å². The van der Waals surface area contributed by atoms with Crippen LogP contribution >= 0.6 is 0 Å². The van der Waals surface area contributed by atoms with Crippen LogP contribution in [0.1, 0.15) is 18.6 Å². The Bertz CT molecular complexity index is 1270. The average Bonchev–Trinajstić information content (AvgIpc) is 2.74. The van der Waals surface area contributed by atoms with E-state index in [0.29, 0.717) is 0 Å². The summed E-state index contributed by atoms with van der Waals surface area (Å²) < 4.78 is 10.9. The number of rotatable bonds is 2. The molecule has 0 saturated carbocycles. The Morgan fingerprint density at radius 1 is 0.812 bits per heavy atom. The van der Waals surface area contributed by atoms with Crippen LogP contribution in [0.5, 0.6) is 28.7 Å². The summed E-state index contributed by atoms with van der Waals surface area (Å²) in [5.74, 6) is -3.81. The summed E-state index contributed by atoms with van der Waals surface area (Å²) in [4.78, 5) is 12.8. The Labute approximate surface area is 179 Å².